The second kappa shape index (κ2) is 7.32. The molecule has 3 aromatic carbocycles. The normalized spacial score (nSPS) is 9.96. The van der Waals surface area contributed by atoms with E-state index in [9.17, 15) is 9.59 Å². The van der Waals surface area contributed by atoms with Crippen molar-refractivity contribution in [1.29, 1.82) is 5.26 Å². The number of nitrogens with zero attached hydrogens (tertiary/aromatic N) is 1. The summed E-state index contributed by atoms with van der Waals surface area (Å²) in [5, 5.41) is 20.6. The molecule has 0 aromatic heterocycles. The first kappa shape index (κ1) is 16.9. The van der Waals surface area contributed by atoms with Crippen LogP contribution in [-0.2, 0) is 0 Å². The van der Waals surface area contributed by atoms with Gasteiger partial charge in [-0.3, -0.25) is 4.79 Å². The predicted octanol–water partition coefficient (Wildman–Crippen LogP) is 4.18. The highest BCUT2D eigenvalue weighted by atomic mass is 16.4. The second-order valence-corrected chi connectivity index (χ2v) is 5.57. The number of hydrogen-bond acceptors (Lipinski definition) is 3. The van der Waals surface area contributed by atoms with Crippen molar-refractivity contribution in [3.05, 3.63) is 89.5 Å². The molecule has 0 aliphatic carbocycles. The van der Waals surface area contributed by atoms with Gasteiger partial charge in [-0.1, -0.05) is 30.3 Å². The zero-order chi connectivity index (χ0) is 18.5. The molecule has 0 saturated heterocycles. The molecule has 0 radical (unpaired) electrons. The Bertz CT molecular complexity index is 1000. The van der Waals surface area contributed by atoms with Gasteiger partial charge in [0.15, 0.2) is 0 Å². The summed E-state index contributed by atoms with van der Waals surface area (Å²) in [4.78, 5) is 23.7. The number of anilines is 1. The number of nitriles is 1. The molecule has 0 unspecified atom stereocenters. The first-order valence-electron chi connectivity index (χ1n) is 7.83. The number of carboxylic acids is 1. The molecule has 0 saturated carbocycles. The van der Waals surface area contributed by atoms with Crippen LogP contribution >= 0.6 is 0 Å². The molecule has 2 N–H and O–H groups in total. The summed E-state index contributed by atoms with van der Waals surface area (Å²) in [5.74, 6) is -1.28. The molecule has 126 valence electrons. The monoisotopic (exact) mass is 342 g/mol. The van der Waals surface area contributed by atoms with Gasteiger partial charge < -0.3 is 10.4 Å². The first-order valence-corrected chi connectivity index (χ1v) is 7.83. The number of carboxylic acid groups (broad SMARTS) is 1. The summed E-state index contributed by atoms with van der Waals surface area (Å²) in [6, 6.07) is 22.1. The number of rotatable bonds is 4. The molecule has 0 aliphatic heterocycles. The Kier molecular flexibility index (Phi) is 4.77. The lowest BCUT2D eigenvalue weighted by atomic mass is 9.98. The van der Waals surface area contributed by atoms with E-state index in [0.29, 0.717) is 22.4 Å². The highest BCUT2D eigenvalue weighted by Gasteiger charge is 2.13. The average Bonchev–Trinajstić information content (AvgIpc) is 2.68. The molecular formula is C21H14N2O3. The summed E-state index contributed by atoms with van der Waals surface area (Å²) < 4.78 is 0. The predicted molar refractivity (Wildman–Crippen MR) is 97.9 cm³/mol. The summed E-state index contributed by atoms with van der Waals surface area (Å²) in [7, 11) is 0. The van der Waals surface area contributed by atoms with E-state index >= 15 is 0 Å². The van der Waals surface area contributed by atoms with Crippen LogP contribution in [0.3, 0.4) is 0 Å². The summed E-state index contributed by atoms with van der Waals surface area (Å²) >= 11 is 0. The van der Waals surface area contributed by atoms with Gasteiger partial charge in [0.25, 0.3) is 5.91 Å². The maximum Gasteiger partial charge on any atom is 0.335 e. The minimum Gasteiger partial charge on any atom is -0.478 e. The molecule has 0 fully saturated rings. The van der Waals surface area contributed by atoms with Crippen molar-refractivity contribution in [3.63, 3.8) is 0 Å². The van der Waals surface area contributed by atoms with Gasteiger partial charge in [0.05, 0.1) is 17.2 Å². The zero-order valence-electron chi connectivity index (χ0n) is 13.6. The molecule has 5 nitrogen and oxygen atoms in total. The number of hydrogen-bond donors (Lipinski definition) is 2. The number of benzene rings is 3. The lowest BCUT2D eigenvalue weighted by molar-refractivity contribution is 0.0696. The number of nitrogens with one attached hydrogen (secondary N) is 1. The third kappa shape index (κ3) is 3.60. The number of aromatic carboxylic acids is 1. The van der Waals surface area contributed by atoms with Gasteiger partial charge in [-0.05, 0) is 53.6 Å². The van der Waals surface area contributed by atoms with E-state index in [1.54, 1.807) is 48.5 Å². The molecule has 0 bridgehead atoms. The van der Waals surface area contributed by atoms with Crippen molar-refractivity contribution in [2.75, 3.05) is 5.32 Å². The largest absolute Gasteiger partial charge is 0.478 e. The fraction of sp³-hybridized carbons (Fsp3) is 0. The molecule has 0 aliphatic rings. The maximum atomic E-state index is 12.7. The Morgan fingerprint density at radius 1 is 0.885 bits per heavy atom. The SMILES string of the molecule is N#Cc1ccc(NC(=O)c2ccccc2-c2ccc(C(=O)O)cc2)cc1. The van der Waals surface area contributed by atoms with Gasteiger partial charge in [0.1, 0.15) is 0 Å². The average molecular weight is 342 g/mol. The standard InChI is InChI=1S/C21H14N2O3/c22-13-14-5-11-17(12-6-14)23-20(24)19-4-2-1-3-18(19)15-7-9-16(10-8-15)21(25)26/h1-12H,(H,23,24)(H,25,26). The van der Waals surface area contributed by atoms with E-state index in [2.05, 4.69) is 5.32 Å². The second-order valence-electron chi connectivity index (χ2n) is 5.57. The quantitative estimate of drug-likeness (QED) is 0.744. The maximum absolute atomic E-state index is 12.7. The van der Waals surface area contributed by atoms with Crippen molar-refractivity contribution >= 4 is 17.6 Å². The van der Waals surface area contributed by atoms with E-state index in [1.165, 1.54) is 12.1 Å². The van der Waals surface area contributed by atoms with Gasteiger partial charge in [0, 0.05) is 11.3 Å². The minimum atomic E-state index is -0.997. The topological polar surface area (TPSA) is 90.2 Å². The third-order valence-corrected chi connectivity index (χ3v) is 3.89. The van der Waals surface area contributed by atoms with Crippen molar-refractivity contribution in [3.8, 4) is 17.2 Å². The van der Waals surface area contributed by atoms with Gasteiger partial charge in [0.2, 0.25) is 0 Å². The van der Waals surface area contributed by atoms with Crippen LogP contribution in [-0.4, -0.2) is 17.0 Å². The zero-order valence-corrected chi connectivity index (χ0v) is 13.6. The fourth-order valence-electron chi connectivity index (χ4n) is 2.55. The third-order valence-electron chi connectivity index (χ3n) is 3.89. The van der Waals surface area contributed by atoms with Crippen molar-refractivity contribution in [2.24, 2.45) is 0 Å². The molecule has 26 heavy (non-hydrogen) atoms. The minimum absolute atomic E-state index is 0.188. The van der Waals surface area contributed by atoms with Crippen molar-refractivity contribution < 1.29 is 14.7 Å². The lowest BCUT2D eigenvalue weighted by Gasteiger charge is -2.11. The van der Waals surface area contributed by atoms with Crippen LogP contribution in [0.15, 0.2) is 72.8 Å². The number of amides is 1. The highest BCUT2D eigenvalue weighted by Crippen LogP contribution is 2.25. The van der Waals surface area contributed by atoms with E-state index in [4.69, 9.17) is 10.4 Å². The summed E-state index contributed by atoms with van der Waals surface area (Å²) in [6.45, 7) is 0. The van der Waals surface area contributed by atoms with E-state index in [-0.39, 0.29) is 11.5 Å². The van der Waals surface area contributed by atoms with Crippen LogP contribution in [0.4, 0.5) is 5.69 Å². The molecule has 5 heteroatoms. The van der Waals surface area contributed by atoms with E-state index in [1.807, 2.05) is 18.2 Å². The van der Waals surface area contributed by atoms with Crippen LogP contribution in [0.5, 0.6) is 0 Å². The van der Waals surface area contributed by atoms with E-state index < -0.39 is 5.97 Å². The first-order chi connectivity index (χ1) is 12.6. The summed E-state index contributed by atoms with van der Waals surface area (Å²) in [6.07, 6.45) is 0. The summed E-state index contributed by atoms with van der Waals surface area (Å²) in [5.41, 5.74) is 3.22. The van der Waals surface area contributed by atoms with Crippen LogP contribution in [0.25, 0.3) is 11.1 Å². The Labute approximate surface area is 150 Å². The molecule has 3 aromatic rings. The molecular weight excluding hydrogens is 328 g/mol. The highest BCUT2D eigenvalue weighted by molar-refractivity contribution is 6.08. The molecule has 1 amide bonds. The number of carbonyl (C=O) groups excluding carboxylic acids is 1. The Morgan fingerprint density at radius 2 is 1.54 bits per heavy atom. The van der Waals surface area contributed by atoms with Crippen LogP contribution in [0, 0.1) is 11.3 Å². The van der Waals surface area contributed by atoms with Crippen LogP contribution in [0.1, 0.15) is 26.3 Å². The van der Waals surface area contributed by atoms with Gasteiger partial charge in [-0.2, -0.15) is 5.26 Å². The van der Waals surface area contributed by atoms with E-state index in [0.717, 1.165) is 5.56 Å². The van der Waals surface area contributed by atoms with Crippen molar-refractivity contribution in [1.82, 2.24) is 0 Å². The van der Waals surface area contributed by atoms with Crippen LogP contribution < -0.4 is 5.32 Å². The smallest absolute Gasteiger partial charge is 0.335 e. The Morgan fingerprint density at radius 3 is 2.15 bits per heavy atom. The van der Waals surface area contributed by atoms with Crippen LogP contribution in [0.2, 0.25) is 0 Å². The Balaban J connectivity index is 1.89. The van der Waals surface area contributed by atoms with Crippen molar-refractivity contribution in [2.45, 2.75) is 0 Å². The molecule has 3 rings (SSSR count). The Hall–Kier alpha value is -3.91. The molecule has 0 atom stereocenters. The van der Waals surface area contributed by atoms with Gasteiger partial charge >= 0.3 is 5.97 Å². The van der Waals surface area contributed by atoms with Gasteiger partial charge in [-0.15, -0.1) is 0 Å². The lowest BCUT2D eigenvalue weighted by Crippen LogP contribution is -2.13. The fourth-order valence-corrected chi connectivity index (χ4v) is 2.55. The van der Waals surface area contributed by atoms with Gasteiger partial charge in [-0.25, -0.2) is 4.79 Å². The molecule has 0 spiro atoms. The molecule has 0 heterocycles. The number of carbonyl (C=O) groups is 2.